The van der Waals surface area contributed by atoms with Crippen molar-refractivity contribution in [1.82, 2.24) is 10.2 Å². The van der Waals surface area contributed by atoms with Crippen LogP contribution >= 0.6 is 0 Å². The van der Waals surface area contributed by atoms with Crippen LogP contribution in [-0.4, -0.2) is 44.3 Å². The number of likely N-dealkylation sites (N-methyl/N-ethyl adjacent to an activating group) is 1. The summed E-state index contributed by atoms with van der Waals surface area (Å²) in [7, 11) is 3.76. The molecule has 0 spiro atoms. The Bertz CT molecular complexity index is 481. The van der Waals surface area contributed by atoms with Crippen LogP contribution in [0.15, 0.2) is 30.3 Å². The fraction of sp³-hybridized carbons (Fsp3) is 0.588. The molecule has 1 N–H and O–H groups in total. The Kier molecular flexibility index (Phi) is 5.35. The maximum absolute atomic E-state index is 9.90. The van der Waals surface area contributed by atoms with Crippen molar-refractivity contribution >= 4 is 0 Å². The molecule has 4 heteroatoms. The van der Waals surface area contributed by atoms with Gasteiger partial charge in [-0.05, 0) is 32.4 Å². The lowest BCUT2D eigenvalue weighted by atomic mass is 9.90. The second-order valence-corrected chi connectivity index (χ2v) is 6.02. The van der Waals surface area contributed by atoms with Gasteiger partial charge < -0.3 is 4.74 Å². The van der Waals surface area contributed by atoms with Crippen molar-refractivity contribution in [1.29, 1.82) is 5.26 Å². The Labute approximate surface area is 127 Å². The predicted octanol–water partition coefficient (Wildman–Crippen LogP) is 2.12. The average Bonchev–Trinajstić information content (AvgIpc) is 3.31. The Balaban J connectivity index is 2.21. The van der Waals surface area contributed by atoms with Gasteiger partial charge in [0.15, 0.2) is 0 Å². The quantitative estimate of drug-likeness (QED) is 0.795. The molecule has 0 radical (unpaired) electrons. The Morgan fingerprint density at radius 2 is 2.10 bits per heavy atom. The number of methoxy groups -OCH3 is 1. The summed E-state index contributed by atoms with van der Waals surface area (Å²) >= 11 is 0. The first-order valence-electron chi connectivity index (χ1n) is 7.55. The normalized spacial score (nSPS) is 19.0. The molecule has 1 aromatic carbocycles. The summed E-state index contributed by atoms with van der Waals surface area (Å²) in [5.74, 6) is 0. The fourth-order valence-corrected chi connectivity index (χ4v) is 2.55. The lowest BCUT2D eigenvalue weighted by molar-refractivity contribution is 0.101. The van der Waals surface area contributed by atoms with Gasteiger partial charge in [0, 0.05) is 25.7 Å². The minimum absolute atomic E-state index is 0.271. The molecule has 4 nitrogen and oxygen atoms in total. The van der Waals surface area contributed by atoms with Crippen LogP contribution < -0.4 is 5.32 Å². The zero-order chi connectivity index (χ0) is 15.3. The summed E-state index contributed by atoms with van der Waals surface area (Å²) < 4.78 is 5.23. The van der Waals surface area contributed by atoms with Gasteiger partial charge in [0.1, 0.15) is 5.54 Å². The highest BCUT2D eigenvalue weighted by molar-refractivity contribution is 5.33. The topological polar surface area (TPSA) is 48.3 Å². The minimum Gasteiger partial charge on any atom is -0.383 e. The summed E-state index contributed by atoms with van der Waals surface area (Å²) in [6.07, 6.45) is 2.32. The van der Waals surface area contributed by atoms with Crippen molar-refractivity contribution in [2.45, 2.75) is 37.4 Å². The number of nitrogens with zero attached hydrogens (tertiary/aromatic N) is 2. The Morgan fingerprint density at radius 1 is 1.43 bits per heavy atom. The molecule has 1 aliphatic rings. The minimum atomic E-state index is -0.654. The number of nitriles is 1. The van der Waals surface area contributed by atoms with E-state index in [0.29, 0.717) is 19.2 Å². The van der Waals surface area contributed by atoms with E-state index >= 15 is 0 Å². The first-order valence-corrected chi connectivity index (χ1v) is 7.55. The molecular weight excluding hydrogens is 262 g/mol. The number of hydrogen-bond donors (Lipinski definition) is 1. The predicted molar refractivity (Wildman–Crippen MR) is 83.9 cm³/mol. The number of benzene rings is 1. The third-order valence-corrected chi connectivity index (χ3v) is 4.13. The molecule has 0 amide bonds. The first-order chi connectivity index (χ1) is 10.1. The highest BCUT2D eigenvalue weighted by atomic mass is 16.5. The zero-order valence-electron chi connectivity index (χ0n) is 13.2. The van der Waals surface area contributed by atoms with Gasteiger partial charge in [-0.25, -0.2) is 0 Å². The summed E-state index contributed by atoms with van der Waals surface area (Å²) in [5, 5.41) is 13.5. The molecule has 0 aliphatic heterocycles. The summed E-state index contributed by atoms with van der Waals surface area (Å²) in [6.45, 7) is 3.43. The van der Waals surface area contributed by atoms with E-state index in [1.54, 1.807) is 7.11 Å². The maximum atomic E-state index is 9.90. The van der Waals surface area contributed by atoms with Crippen LogP contribution in [0.25, 0.3) is 0 Å². The van der Waals surface area contributed by atoms with Crippen molar-refractivity contribution < 1.29 is 4.74 Å². The largest absolute Gasteiger partial charge is 0.383 e. The average molecular weight is 287 g/mol. The standard InChI is InChI=1S/C17H25N3O/c1-14(11-21-3)20(2)13-17(12-18,19-16-9-10-16)15-7-5-4-6-8-15/h4-8,14,16,19H,9-11,13H2,1-3H3. The fourth-order valence-electron chi connectivity index (χ4n) is 2.55. The van der Waals surface area contributed by atoms with Gasteiger partial charge in [0.25, 0.3) is 0 Å². The molecule has 1 aliphatic carbocycles. The summed E-state index contributed by atoms with van der Waals surface area (Å²) in [5.41, 5.74) is 0.384. The third-order valence-electron chi connectivity index (χ3n) is 4.13. The van der Waals surface area contributed by atoms with E-state index in [2.05, 4.69) is 23.2 Å². The van der Waals surface area contributed by atoms with Crippen LogP contribution in [-0.2, 0) is 10.3 Å². The molecule has 21 heavy (non-hydrogen) atoms. The number of ether oxygens (including phenoxy) is 1. The summed E-state index contributed by atoms with van der Waals surface area (Å²) in [4.78, 5) is 2.19. The molecule has 1 fully saturated rings. The molecule has 2 atom stereocenters. The second kappa shape index (κ2) is 7.04. The van der Waals surface area contributed by atoms with Gasteiger partial charge in [-0.2, -0.15) is 5.26 Å². The van der Waals surface area contributed by atoms with Gasteiger partial charge in [-0.15, -0.1) is 0 Å². The molecule has 2 unspecified atom stereocenters. The molecule has 0 aromatic heterocycles. The van der Waals surface area contributed by atoms with Crippen LogP contribution in [0.3, 0.4) is 0 Å². The van der Waals surface area contributed by atoms with Crippen LogP contribution in [0.2, 0.25) is 0 Å². The number of hydrogen-bond acceptors (Lipinski definition) is 4. The molecule has 0 heterocycles. The van der Waals surface area contributed by atoms with E-state index in [-0.39, 0.29) is 6.04 Å². The monoisotopic (exact) mass is 287 g/mol. The van der Waals surface area contributed by atoms with Crippen molar-refractivity contribution in [3.05, 3.63) is 35.9 Å². The first kappa shape index (κ1) is 16.0. The van der Waals surface area contributed by atoms with E-state index in [4.69, 9.17) is 4.74 Å². The van der Waals surface area contributed by atoms with Crippen molar-refractivity contribution in [2.75, 3.05) is 27.3 Å². The van der Waals surface area contributed by atoms with Gasteiger partial charge in [-0.3, -0.25) is 10.2 Å². The number of rotatable bonds is 8. The van der Waals surface area contributed by atoms with E-state index < -0.39 is 5.54 Å². The van der Waals surface area contributed by atoms with Gasteiger partial charge in [0.05, 0.1) is 12.7 Å². The van der Waals surface area contributed by atoms with Gasteiger partial charge in [0.2, 0.25) is 0 Å². The number of nitrogens with one attached hydrogen (secondary N) is 1. The molecular formula is C17H25N3O. The van der Waals surface area contributed by atoms with Crippen molar-refractivity contribution in [2.24, 2.45) is 0 Å². The molecule has 1 aromatic rings. The van der Waals surface area contributed by atoms with Gasteiger partial charge >= 0.3 is 0 Å². The molecule has 1 saturated carbocycles. The van der Waals surface area contributed by atoms with Gasteiger partial charge in [-0.1, -0.05) is 30.3 Å². The third kappa shape index (κ3) is 4.04. The zero-order valence-corrected chi connectivity index (χ0v) is 13.2. The van der Waals surface area contributed by atoms with E-state index in [0.717, 1.165) is 18.4 Å². The highest BCUT2D eigenvalue weighted by Gasteiger charge is 2.39. The molecule has 114 valence electrons. The van der Waals surface area contributed by atoms with E-state index in [1.165, 1.54) is 0 Å². The highest BCUT2D eigenvalue weighted by Crippen LogP contribution is 2.29. The van der Waals surface area contributed by atoms with Crippen molar-refractivity contribution in [3.63, 3.8) is 0 Å². The van der Waals surface area contributed by atoms with Crippen LogP contribution in [0.1, 0.15) is 25.3 Å². The molecule has 2 rings (SSSR count). The van der Waals surface area contributed by atoms with Crippen LogP contribution in [0, 0.1) is 11.3 Å². The van der Waals surface area contributed by atoms with E-state index in [1.807, 2.05) is 37.4 Å². The maximum Gasteiger partial charge on any atom is 0.145 e. The molecule has 0 saturated heterocycles. The van der Waals surface area contributed by atoms with Crippen molar-refractivity contribution in [3.8, 4) is 6.07 Å². The smallest absolute Gasteiger partial charge is 0.145 e. The summed E-state index contributed by atoms with van der Waals surface area (Å²) in [6, 6.07) is 13.3. The lowest BCUT2D eigenvalue weighted by Gasteiger charge is -2.35. The van der Waals surface area contributed by atoms with Crippen LogP contribution in [0.4, 0.5) is 0 Å². The lowest BCUT2D eigenvalue weighted by Crippen LogP contribution is -2.52. The van der Waals surface area contributed by atoms with Crippen LogP contribution in [0.5, 0.6) is 0 Å². The Hall–Kier alpha value is -1.41. The second-order valence-electron chi connectivity index (χ2n) is 6.02. The van der Waals surface area contributed by atoms with E-state index in [9.17, 15) is 5.26 Å². The SMILES string of the molecule is COCC(C)N(C)CC(C#N)(NC1CC1)c1ccccc1. The molecule has 0 bridgehead atoms. The Morgan fingerprint density at radius 3 is 2.62 bits per heavy atom.